The van der Waals surface area contributed by atoms with Gasteiger partial charge < -0.3 is 15.8 Å². The molecule has 1 heterocycles. The number of aromatic nitrogens is 3. The van der Waals surface area contributed by atoms with Crippen molar-refractivity contribution in [1.82, 2.24) is 15.0 Å². The molecule has 1 aromatic heterocycles. The fourth-order valence-electron chi connectivity index (χ4n) is 1.87. The lowest BCUT2D eigenvalue weighted by molar-refractivity contribution is 0.206. The first-order valence-corrected chi connectivity index (χ1v) is 7.51. The summed E-state index contributed by atoms with van der Waals surface area (Å²) in [6, 6.07) is 4.44. The van der Waals surface area contributed by atoms with Crippen molar-refractivity contribution in [3.63, 3.8) is 0 Å². The van der Waals surface area contributed by atoms with Crippen molar-refractivity contribution < 1.29 is 13.5 Å². The lowest BCUT2D eigenvalue weighted by Crippen LogP contribution is -2.26. The molecule has 2 rings (SSSR count). The molecule has 0 spiro atoms. The van der Waals surface area contributed by atoms with Crippen molar-refractivity contribution in [1.29, 1.82) is 0 Å². The summed E-state index contributed by atoms with van der Waals surface area (Å²) >= 11 is 0. The normalized spacial score (nSPS) is 12.8. The molecule has 24 heavy (non-hydrogen) atoms. The van der Waals surface area contributed by atoms with Crippen LogP contribution >= 0.6 is 0 Å². The van der Waals surface area contributed by atoms with E-state index in [2.05, 4.69) is 20.3 Å². The van der Waals surface area contributed by atoms with Crippen LogP contribution < -0.4 is 15.8 Å². The Morgan fingerprint density at radius 2 is 2.00 bits per heavy atom. The van der Waals surface area contributed by atoms with Gasteiger partial charge in [-0.1, -0.05) is 6.07 Å². The summed E-state index contributed by atoms with van der Waals surface area (Å²) in [6.45, 7) is 6.42. The number of anilines is 2. The highest BCUT2D eigenvalue weighted by atomic mass is 19.1. The molecule has 0 aliphatic heterocycles. The number of hydrogen-bond donors (Lipinski definition) is 2. The van der Waals surface area contributed by atoms with Crippen LogP contribution in [0.15, 0.2) is 18.2 Å². The van der Waals surface area contributed by atoms with E-state index in [0.29, 0.717) is 11.3 Å². The van der Waals surface area contributed by atoms with Crippen LogP contribution in [0.4, 0.5) is 20.7 Å². The Morgan fingerprint density at radius 3 is 2.62 bits per heavy atom. The van der Waals surface area contributed by atoms with Crippen LogP contribution in [0.1, 0.15) is 32.2 Å². The molecule has 6 nitrogen and oxygen atoms in total. The van der Waals surface area contributed by atoms with Gasteiger partial charge in [0.05, 0.1) is 6.04 Å². The fraction of sp³-hybridized carbons (Fsp3) is 0.438. The van der Waals surface area contributed by atoms with E-state index in [1.54, 1.807) is 19.1 Å². The summed E-state index contributed by atoms with van der Waals surface area (Å²) in [7, 11) is 0. The summed E-state index contributed by atoms with van der Waals surface area (Å²) in [5.41, 5.74) is 4.41. The van der Waals surface area contributed by atoms with Gasteiger partial charge in [0.1, 0.15) is 18.2 Å². The highest BCUT2D eigenvalue weighted by Gasteiger charge is 2.24. The Hall–Kier alpha value is -2.51. The summed E-state index contributed by atoms with van der Waals surface area (Å²) in [5, 5.41) is 2.96. The van der Waals surface area contributed by atoms with E-state index in [-0.39, 0.29) is 36.2 Å². The number of benzene rings is 1. The number of nitrogens with zero attached hydrogens (tertiary/aromatic N) is 3. The van der Waals surface area contributed by atoms with Crippen LogP contribution in [0.2, 0.25) is 0 Å². The van der Waals surface area contributed by atoms with E-state index in [9.17, 15) is 8.78 Å². The Kier molecular flexibility index (Phi) is 5.16. The van der Waals surface area contributed by atoms with Gasteiger partial charge in [-0.2, -0.15) is 15.0 Å². The number of ether oxygens (including phenoxy) is 1. The molecule has 0 radical (unpaired) electrons. The zero-order valence-corrected chi connectivity index (χ0v) is 14.1. The number of alkyl halides is 1. The second-order valence-corrected chi connectivity index (χ2v) is 6.08. The zero-order chi connectivity index (χ0) is 17.9. The van der Waals surface area contributed by atoms with Gasteiger partial charge in [0, 0.05) is 6.07 Å². The predicted octanol–water partition coefficient (Wildman–Crippen LogP) is 2.99. The lowest BCUT2D eigenvalue weighted by Gasteiger charge is -2.17. The minimum absolute atomic E-state index is 0.0498. The molecule has 2 aromatic rings. The summed E-state index contributed by atoms with van der Waals surface area (Å²) in [5.74, 6) is 0.142. The summed E-state index contributed by atoms with van der Waals surface area (Å²) in [6.07, 6.45) is 0. The van der Waals surface area contributed by atoms with E-state index < -0.39 is 5.67 Å². The van der Waals surface area contributed by atoms with E-state index in [0.717, 1.165) is 0 Å². The van der Waals surface area contributed by atoms with Crippen molar-refractivity contribution >= 4 is 11.9 Å². The number of nitrogens with two attached hydrogens (primary N) is 1. The van der Waals surface area contributed by atoms with Gasteiger partial charge in [0.15, 0.2) is 11.5 Å². The quantitative estimate of drug-likeness (QED) is 0.843. The van der Waals surface area contributed by atoms with Crippen LogP contribution in [-0.2, 0) is 5.67 Å². The third kappa shape index (κ3) is 4.74. The van der Waals surface area contributed by atoms with Crippen molar-refractivity contribution in [2.75, 3.05) is 17.7 Å². The van der Waals surface area contributed by atoms with Crippen molar-refractivity contribution in [3.8, 4) is 5.75 Å². The SMILES string of the molecule is Cc1ccc(OCC(C)Nc2nc(N)nc(C(C)(C)F)n2)cc1F. The third-order valence-electron chi connectivity index (χ3n) is 3.20. The second kappa shape index (κ2) is 6.94. The van der Waals surface area contributed by atoms with Crippen molar-refractivity contribution in [2.45, 2.75) is 39.4 Å². The van der Waals surface area contributed by atoms with Gasteiger partial charge in [-0.3, -0.25) is 0 Å². The van der Waals surface area contributed by atoms with Gasteiger partial charge in [-0.25, -0.2) is 8.78 Å². The van der Waals surface area contributed by atoms with Crippen molar-refractivity contribution in [2.24, 2.45) is 0 Å². The number of rotatable bonds is 6. The van der Waals surface area contributed by atoms with Crippen LogP contribution in [0.3, 0.4) is 0 Å². The smallest absolute Gasteiger partial charge is 0.228 e. The Morgan fingerprint density at radius 1 is 1.29 bits per heavy atom. The van der Waals surface area contributed by atoms with Crippen LogP contribution in [0.5, 0.6) is 5.75 Å². The predicted molar refractivity (Wildman–Crippen MR) is 88.1 cm³/mol. The first kappa shape index (κ1) is 17.8. The van der Waals surface area contributed by atoms with E-state index in [4.69, 9.17) is 10.5 Å². The first-order valence-electron chi connectivity index (χ1n) is 7.51. The summed E-state index contributed by atoms with van der Waals surface area (Å²) in [4.78, 5) is 11.7. The molecule has 8 heteroatoms. The molecule has 130 valence electrons. The van der Waals surface area contributed by atoms with Crippen molar-refractivity contribution in [3.05, 3.63) is 35.4 Å². The number of halogens is 2. The molecule has 0 aliphatic carbocycles. The molecule has 3 N–H and O–H groups in total. The summed E-state index contributed by atoms with van der Waals surface area (Å²) < 4.78 is 33.0. The van der Waals surface area contributed by atoms with E-state index in [1.165, 1.54) is 19.9 Å². The third-order valence-corrected chi connectivity index (χ3v) is 3.20. The fourth-order valence-corrected chi connectivity index (χ4v) is 1.87. The Bertz CT molecular complexity index is 718. The van der Waals surface area contributed by atoms with Crippen LogP contribution in [0, 0.1) is 12.7 Å². The maximum Gasteiger partial charge on any atom is 0.228 e. The van der Waals surface area contributed by atoms with Gasteiger partial charge in [0.2, 0.25) is 11.9 Å². The molecule has 1 atom stereocenters. The molecule has 1 aromatic carbocycles. The van der Waals surface area contributed by atoms with Gasteiger partial charge in [-0.15, -0.1) is 0 Å². The average Bonchev–Trinajstić information content (AvgIpc) is 2.47. The molecule has 0 aliphatic rings. The Labute approximate surface area is 139 Å². The topological polar surface area (TPSA) is 86.0 Å². The maximum absolute atomic E-state index is 14.0. The molecule has 0 fully saturated rings. The minimum atomic E-state index is -1.73. The van der Waals surface area contributed by atoms with E-state index in [1.807, 2.05) is 6.92 Å². The largest absolute Gasteiger partial charge is 0.491 e. The number of nitrogen functional groups attached to an aromatic ring is 1. The molecule has 0 saturated carbocycles. The monoisotopic (exact) mass is 337 g/mol. The molecular formula is C16H21F2N5O. The first-order chi connectivity index (χ1) is 11.1. The number of aryl methyl sites for hydroxylation is 1. The molecule has 1 unspecified atom stereocenters. The maximum atomic E-state index is 14.0. The highest BCUT2D eigenvalue weighted by Crippen LogP contribution is 2.22. The zero-order valence-electron chi connectivity index (χ0n) is 14.1. The van der Waals surface area contributed by atoms with Gasteiger partial charge in [0.25, 0.3) is 0 Å². The van der Waals surface area contributed by atoms with Crippen LogP contribution in [0.25, 0.3) is 0 Å². The number of hydrogen-bond acceptors (Lipinski definition) is 6. The molecular weight excluding hydrogens is 316 g/mol. The Balaban J connectivity index is 2.00. The van der Waals surface area contributed by atoms with E-state index >= 15 is 0 Å². The second-order valence-electron chi connectivity index (χ2n) is 6.08. The minimum Gasteiger partial charge on any atom is -0.491 e. The average molecular weight is 337 g/mol. The molecule has 0 bridgehead atoms. The molecule has 0 saturated heterocycles. The molecule has 0 amide bonds. The lowest BCUT2D eigenvalue weighted by atomic mass is 10.1. The highest BCUT2D eigenvalue weighted by molar-refractivity contribution is 5.33. The van der Waals surface area contributed by atoms with Gasteiger partial charge in [-0.05, 0) is 39.3 Å². The van der Waals surface area contributed by atoms with Gasteiger partial charge >= 0.3 is 0 Å². The van der Waals surface area contributed by atoms with Crippen LogP contribution in [-0.4, -0.2) is 27.6 Å². The number of nitrogens with one attached hydrogen (secondary N) is 1. The standard InChI is InChI=1S/C16H21F2N5O/c1-9-5-6-11(7-12(9)17)24-8-10(2)20-15-22-13(16(3,4)18)21-14(19)23-15/h5-7,10H,8H2,1-4H3,(H3,19,20,21,22,23).